The molecule has 2 aromatic rings. The first-order valence-corrected chi connectivity index (χ1v) is 8.05. The molecule has 0 aliphatic heterocycles. The standard InChI is InChI=1S/C13H13Br2ClN4/c1-2-6-17-12-11(15)13(19-7-18-12)20-9-5-3-4-8(16)10(9)14/h3-5,7H,2,6H2,1H3,(H2,17,18,19,20). The summed E-state index contributed by atoms with van der Waals surface area (Å²) in [6, 6.07) is 5.62. The molecule has 0 saturated heterocycles. The molecule has 0 unspecified atom stereocenters. The third-order valence-corrected chi connectivity index (χ3v) is 4.69. The highest BCUT2D eigenvalue weighted by atomic mass is 79.9. The Morgan fingerprint density at radius 1 is 1.15 bits per heavy atom. The van der Waals surface area contributed by atoms with E-state index in [-0.39, 0.29) is 0 Å². The van der Waals surface area contributed by atoms with Gasteiger partial charge in [0.15, 0.2) is 0 Å². The lowest BCUT2D eigenvalue weighted by Gasteiger charge is -2.12. The van der Waals surface area contributed by atoms with Crippen LogP contribution >= 0.6 is 43.5 Å². The number of hydrogen-bond donors (Lipinski definition) is 2. The van der Waals surface area contributed by atoms with Crippen molar-refractivity contribution in [1.82, 2.24) is 9.97 Å². The predicted molar refractivity (Wildman–Crippen MR) is 90.9 cm³/mol. The highest BCUT2D eigenvalue weighted by molar-refractivity contribution is 9.11. The van der Waals surface area contributed by atoms with Crippen LogP contribution < -0.4 is 10.6 Å². The van der Waals surface area contributed by atoms with Crippen LogP contribution in [0.25, 0.3) is 0 Å². The van der Waals surface area contributed by atoms with E-state index >= 15 is 0 Å². The van der Waals surface area contributed by atoms with Crippen molar-refractivity contribution in [2.45, 2.75) is 13.3 Å². The van der Waals surface area contributed by atoms with Crippen LogP contribution in [0.1, 0.15) is 13.3 Å². The van der Waals surface area contributed by atoms with E-state index in [9.17, 15) is 0 Å². The largest absolute Gasteiger partial charge is 0.369 e. The Morgan fingerprint density at radius 3 is 2.65 bits per heavy atom. The zero-order valence-electron chi connectivity index (χ0n) is 10.8. The fourth-order valence-corrected chi connectivity index (χ4v) is 2.53. The van der Waals surface area contributed by atoms with Gasteiger partial charge in [-0.2, -0.15) is 0 Å². The first kappa shape index (κ1) is 15.5. The molecule has 0 spiro atoms. The Hall–Kier alpha value is -0.850. The molecule has 1 aromatic heterocycles. The summed E-state index contributed by atoms with van der Waals surface area (Å²) in [6.45, 7) is 2.96. The van der Waals surface area contributed by atoms with Crippen molar-refractivity contribution in [3.05, 3.63) is 38.5 Å². The zero-order chi connectivity index (χ0) is 14.5. The van der Waals surface area contributed by atoms with Gasteiger partial charge in [0.1, 0.15) is 22.4 Å². The van der Waals surface area contributed by atoms with E-state index in [0.29, 0.717) is 10.8 Å². The van der Waals surface area contributed by atoms with Crippen LogP contribution in [-0.4, -0.2) is 16.5 Å². The Bertz CT molecular complexity index is 607. The maximum Gasteiger partial charge on any atom is 0.150 e. The smallest absolute Gasteiger partial charge is 0.150 e. The normalized spacial score (nSPS) is 10.4. The molecule has 2 rings (SSSR count). The van der Waals surface area contributed by atoms with Gasteiger partial charge >= 0.3 is 0 Å². The van der Waals surface area contributed by atoms with Crippen molar-refractivity contribution in [3.8, 4) is 0 Å². The van der Waals surface area contributed by atoms with E-state index in [4.69, 9.17) is 11.6 Å². The van der Waals surface area contributed by atoms with Gasteiger partial charge in [-0.15, -0.1) is 0 Å². The molecule has 0 radical (unpaired) electrons. The second-order valence-electron chi connectivity index (χ2n) is 4.04. The Balaban J connectivity index is 2.27. The van der Waals surface area contributed by atoms with Gasteiger partial charge in [0.05, 0.1) is 15.2 Å². The van der Waals surface area contributed by atoms with Crippen molar-refractivity contribution in [2.24, 2.45) is 0 Å². The molecule has 2 N–H and O–H groups in total. The minimum absolute atomic E-state index is 0.643. The molecule has 0 bridgehead atoms. The van der Waals surface area contributed by atoms with E-state index in [2.05, 4.69) is 59.4 Å². The molecular formula is C13H13Br2ClN4. The SMILES string of the molecule is CCCNc1ncnc(Nc2cccc(Cl)c2Br)c1Br. The lowest BCUT2D eigenvalue weighted by molar-refractivity contribution is 0.962. The summed E-state index contributed by atoms with van der Waals surface area (Å²) in [5, 5.41) is 7.11. The minimum Gasteiger partial charge on any atom is -0.369 e. The Morgan fingerprint density at radius 2 is 1.90 bits per heavy atom. The van der Waals surface area contributed by atoms with Crippen LogP contribution in [0.5, 0.6) is 0 Å². The highest BCUT2D eigenvalue weighted by Gasteiger charge is 2.10. The first-order chi connectivity index (χ1) is 9.63. The van der Waals surface area contributed by atoms with Crippen molar-refractivity contribution in [2.75, 3.05) is 17.2 Å². The summed E-state index contributed by atoms with van der Waals surface area (Å²) < 4.78 is 1.59. The fourth-order valence-electron chi connectivity index (χ4n) is 1.55. The van der Waals surface area contributed by atoms with Gasteiger partial charge in [-0.25, -0.2) is 9.97 Å². The molecule has 0 aliphatic carbocycles. The number of hydrogen-bond acceptors (Lipinski definition) is 4. The van der Waals surface area contributed by atoms with Crippen LogP contribution in [0.15, 0.2) is 33.5 Å². The average Bonchev–Trinajstić information content (AvgIpc) is 2.44. The van der Waals surface area contributed by atoms with Crippen molar-refractivity contribution in [1.29, 1.82) is 0 Å². The summed E-state index contributed by atoms with van der Waals surface area (Å²) in [4.78, 5) is 8.45. The molecule has 4 nitrogen and oxygen atoms in total. The highest BCUT2D eigenvalue weighted by Crippen LogP contribution is 2.34. The maximum absolute atomic E-state index is 6.08. The van der Waals surface area contributed by atoms with Crippen LogP contribution in [0, 0.1) is 0 Å². The van der Waals surface area contributed by atoms with Gasteiger partial charge in [0.2, 0.25) is 0 Å². The van der Waals surface area contributed by atoms with Gasteiger partial charge in [0, 0.05) is 6.54 Å². The van der Waals surface area contributed by atoms with Crippen LogP contribution in [0.2, 0.25) is 5.02 Å². The van der Waals surface area contributed by atoms with Crippen LogP contribution in [0.4, 0.5) is 17.3 Å². The second kappa shape index (κ2) is 7.24. The molecule has 106 valence electrons. The predicted octanol–water partition coefficient (Wildman–Crippen LogP) is 5.22. The molecule has 0 amide bonds. The molecule has 0 aliphatic rings. The number of halogens is 3. The van der Waals surface area contributed by atoms with Crippen LogP contribution in [0.3, 0.4) is 0 Å². The number of nitrogens with one attached hydrogen (secondary N) is 2. The second-order valence-corrected chi connectivity index (χ2v) is 6.03. The number of rotatable bonds is 5. The quantitative estimate of drug-likeness (QED) is 0.696. The minimum atomic E-state index is 0.643. The number of benzene rings is 1. The molecule has 0 saturated carbocycles. The maximum atomic E-state index is 6.08. The summed E-state index contributed by atoms with van der Waals surface area (Å²) in [5.41, 5.74) is 0.846. The Kier molecular flexibility index (Phi) is 5.63. The number of anilines is 3. The molecule has 20 heavy (non-hydrogen) atoms. The summed E-state index contributed by atoms with van der Waals surface area (Å²) in [5.74, 6) is 1.45. The van der Waals surface area contributed by atoms with Crippen molar-refractivity contribution < 1.29 is 0 Å². The lowest BCUT2D eigenvalue weighted by atomic mass is 10.3. The molecule has 7 heteroatoms. The zero-order valence-corrected chi connectivity index (χ0v) is 14.7. The molecule has 0 fully saturated rings. The topological polar surface area (TPSA) is 49.8 Å². The molecule has 1 heterocycles. The van der Waals surface area contributed by atoms with E-state index in [1.54, 1.807) is 0 Å². The van der Waals surface area contributed by atoms with E-state index in [0.717, 1.165) is 33.4 Å². The monoisotopic (exact) mass is 418 g/mol. The molecule has 1 aromatic carbocycles. The van der Waals surface area contributed by atoms with E-state index in [1.165, 1.54) is 6.33 Å². The van der Waals surface area contributed by atoms with Crippen molar-refractivity contribution in [3.63, 3.8) is 0 Å². The third kappa shape index (κ3) is 3.62. The average molecular weight is 421 g/mol. The van der Waals surface area contributed by atoms with Gasteiger partial charge in [0.25, 0.3) is 0 Å². The van der Waals surface area contributed by atoms with Gasteiger partial charge in [-0.05, 0) is 50.4 Å². The molecular weight excluding hydrogens is 407 g/mol. The molecule has 0 atom stereocenters. The van der Waals surface area contributed by atoms with Gasteiger partial charge in [-0.1, -0.05) is 24.6 Å². The summed E-state index contributed by atoms with van der Waals surface area (Å²) >= 11 is 13.0. The Labute approximate surface area is 139 Å². The third-order valence-electron chi connectivity index (χ3n) is 2.54. The number of aromatic nitrogens is 2. The van der Waals surface area contributed by atoms with Crippen molar-refractivity contribution >= 4 is 60.8 Å². The van der Waals surface area contributed by atoms with E-state index in [1.807, 2.05) is 18.2 Å². The summed E-state index contributed by atoms with van der Waals surface area (Å²) in [7, 11) is 0. The first-order valence-electron chi connectivity index (χ1n) is 6.09. The van der Waals surface area contributed by atoms with Gasteiger partial charge < -0.3 is 10.6 Å². The number of nitrogens with zero attached hydrogens (tertiary/aromatic N) is 2. The fraction of sp³-hybridized carbons (Fsp3) is 0.231. The summed E-state index contributed by atoms with van der Waals surface area (Å²) in [6.07, 6.45) is 2.54. The lowest BCUT2D eigenvalue weighted by Crippen LogP contribution is -2.05. The van der Waals surface area contributed by atoms with E-state index < -0.39 is 0 Å². The van der Waals surface area contributed by atoms with Gasteiger partial charge in [-0.3, -0.25) is 0 Å². The van der Waals surface area contributed by atoms with Crippen LogP contribution in [-0.2, 0) is 0 Å².